The van der Waals surface area contributed by atoms with Crippen molar-refractivity contribution in [1.82, 2.24) is 0 Å². The second-order valence-electron chi connectivity index (χ2n) is 2.69. The molecule has 1 aromatic heterocycles. The Kier molecular flexibility index (Phi) is 5.95. The molecule has 1 heterocycles. The van der Waals surface area contributed by atoms with Crippen molar-refractivity contribution in [3.05, 3.63) is 28.5 Å². The van der Waals surface area contributed by atoms with E-state index >= 15 is 0 Å². The van der Waals surface area contributed by atoms with E-state index in [9.17, 15) is 4.79 Å². The number of methoxy groups -OCH3 is 1. The van der Waals surface area contributed by atoms with E-state index in [0.29, 0.717) is 0 Å². The summed E-state index contributed by atoms with van der Waals surface area (Å²) < 4.78 is 7.35. The van der Waals surface area contributed by atoms with E-state index in [1.165, 1.54) is 7.11 Å². The van der Waals surface area contributed by atoms with Crippen LogP contribution in [0.25, 0.3) is 0 Å². The van der Waals surface area contributed by atoms with E-state index in [0.717, 1.165) is 10.2 Å². The first-order valence-corrected chi connectivity index (χ1v) is 4.65. The number of esters is 1. The molecule has 3 nitrogen and oxygen atoms in total. The number of ether oxygens (including phenoxy) is 1. The van der Waals surface area contributed by atoms with Crippen LogP contribution in [0.1, 0.15) is 5.69 Å². The molecule has 5 heteroatoms. The van der Waals surface area contributed by atoms with E-state index < -0.39 is 0 Å². The van der Waals surface area contributed by atoms with Gasteiger partial charge in [-0.05, 0) is 22.0 Å². The molecular weight excluding hydrogens is 314 g/mol. The Morgan fingerprint density at radius 1 is 1.57 bits per heavy atom. The number of aromatic nitrogens is 1. The van der Waals surface area contributed by atoms with Crippen LogP contribution < -0.4 is 21.5 Å². The van der Waals surface area contributed by atoms with Crippen molar-refractivity contribution in [1.29, 1.82) is 0 Å². The maximum atomic E-state index is 11.0. The zero-order valence-electron chi connectivity index (χ0n) is 7.96. The zero-order valence-corrected chi connectivity index (χ0v) is 11.1. The predicted octanol–water partition coefficient (Wildman–Crippen LogP) is -1.78. The van der Waals surface area contributed by atoms with E-state index in [1.807, 2.05) is 29.8 Å². The van der Waals surface area contributed by atoms with Crippen LogP contribution >= 0.6 is 15.9 Å². The van der Waals surface area contributed by atoms with Crippen LogP contribution in [-0.4, -0.2) is 13.1 Å². The lowest BCUT2D eigenvalue weighted by Crippen LogP contribution is -3.00. The molecule has 14 heavy (non-hydrogen) atoms. The van der Waals surface area contributed by atoms with Gasteiger partial charge in [0.25, 0.3) is 0 Å². The first-order valence-electron chi connectivity index (χ1n) is 3.86. The van der Waals surface area contributed by atoms with Crippen molar-refractivity contribution >= 4 is 21.9 Å². The number of carbonyl (C=O) groups excluding carboxylic acids is 1. The Labute approximate surface area is 102 Å². The standard InChI is InChI=1S/C9H11BrNO2.BrH/c1-7-3-4-8(10)5-11(7)6-9(12)13-2;/h3-5H,6H2,1-2H3;1H/q+1;/p-1. The molecular formula is C9H11Br2NO2. The number of hydrogen-bond donors (Lipinski definition) is 0. The monoisotopic (exact) mass is 323 g/mol. The number of hydrogen-bond acceptors (Lipinski definition) is 2. The highest BCUT2D eigenvalue weighted by Crippen LogP contribution is 2.05. The molecule has 0 amide bonds. The highest BCUT2D eigenvalue weighted by atomic mass is 79.9. The van der Waals surface area contributed by atoms with Gasteiger partial charge in [-0.25, -0.2) is 4.79 Å². The minimum Gasteiger partial charge on any atom is -1.00 e. The fourth-order valence-electron chi connectivity index (χ4n) is 0.964. The first kappa shape index (κ1) is 13.6. The smallest absolute Gasteiger partial charge is 0.372 e. The van der Waals surface area contributed by atoms with Crippen LogP contribution in [0.3, 0.4) is 0 Å². The maximum Gasteiger partial charge on any atom is 0.372 e. The van der Waals surface area contributed by atoms with Crippen LogP contribution in [0.5, 0.6) is 0 Å². The molecule has 1 aromatic rings. The molecule has 1 rings (SSSR count). The minimum atomic E-state index is -0.244. The summed E-state index contributed by atoms with van der Waals surface area (Å²) in [6.07, 6.45) is 1.85. The van der Waals surface area contributed by atoms with Crippen molar-refractivity contribution in [2.45, 2.75) is 13.5 Å². The summed E-state index contributed by atoms with van der Waals surface area (Å²) in [4.78, 5) is 11.0. The van der Waals surface area contributed by atoms with Gasteiger partial charge in [-0.1, -0.05) is 0 Å². The highest BCUT2D eigenvalue weighted by Gasteiger charge is 2.12. The van der Waals surface area contributed by atoms with Gasteiger partial charge in [0.2, 0.25) is 6.54 Å². The molecule has 0 spiro atoms. The fourth-order valence-corrected chi connectivity index (χ4v) is 1.34. The second kappa shape index (κ2) is 6.14. The van der Waals surface area contributed by atoms with Gasteiger partial charge in [0.15, 0.2) is 11.9 Å². The summed E-state index contributed by atoms with van der Waals surface area (Å²) in [5.74, 6) is -0.244. The molecule has 0 saturated carbocycles. The lowest BCUT2D eigenvalue weighted by Gasteiger charge is -1.99. The normalized spacial score (nSPS) is 9.07. The lowest BCUT2D eigenvalue weighted by molar-refractivity contribution is -0.692. The molecule has 0 aliphatic rings. The van der Waals surface area contributed by atoms with Gasteiger partial charge in [0.1, 0.15) is 0 Å². The van der Waals surface area contributed by atoms with Gasteiger partial charge >= 0.3 is 5.97 Å². The van der Waals surface area contributed by atoms with Crippen molar-refractivity contribution < 1.29 is 31.1 Å². The average Bonchev–Trinajstić information content (AvgIpc) is 2.11. The summed E-state index contributed by atoms with van der Waals surface area (Å²) in [5, 5.41) is 0. The summed E-state index contributed by atoms with van der Waals surface area (Å²) in [5.41, 5.74) is 1.02. The van der Waals surface area contributed by atoms with Gasteiger partial charge in [0, 0.05) is 13.0 Å². The molecule has 0 aromatic carbocycles. The van der Waals surface area contributed by atoms with Crippen LogP contribution in [0.15, 0.2) is 22.8 Å². The number of rotatable bonds is 2. The van der Waals surface area contributed by atoms with E-state index in [-0.39, 0.29) is 29.5 Å². The van der Waals surface area contributed by atoms with Crippen molar-refractivity contribution in [3.63, 3.8) is 0 Å². The van der Waals surface area contributed by atoms with Crippen LogP contribution in [0, 0.1) is 6.92 Å². The van der Waals surface area contributed by atoms with Crippen molar-refractivity contribution in [2.24, 2.45) is 0 Å². The second-order valence-corrected chi connectivity index (χ2v) is 3.61. The Morgan fingerprint density at radius 3 is 2.79 bits per heavy atom. The van der Waals surface area contributed by atoms with Gasteiger partial charge in [0.05, 0.1) is 11.6 Å². The number of nitrogens with zero attached hydrogens (tertiary/aromatic N) is 1. The van der Waals surface area contributed by atoms with Crippen LogP contribution in [0.2, 0.25) is 0 Å². The lowest BCUT2D eigenvalue weighted by atomic mass is 10.3. The molecule has 0 unspecified atom stereocenters. The summed E-state index contributed by atoms with van der Waals surface area (Å²) in [6, 6.07) is 3.87. The van der Waals surface area contributed by atoms with E-state index in [4.69, 9.17) is 0 Å². The first-order chi connectivity index (χ1) is 6.13. The van der Waals surface area contributed by atoms with Crippen molar-refractivity contribution in [3.8, 4) is 0 Å². The third-order valence-corrected chi connectivity index (χ3v) is 2.21. The summed E-state index contributed by atoms with van der Waals surface area (Å²) in [7, 11) is 1.39. The maximum absolute atomic E-state index is 11.0. The fraction of sp³-hybridized carbons (Fsp3) is 0.333. The van der Waals surface area contributed by atoms with E-state index in [2.05, 4.69) is 20.7 Å². The summed E-state index contributed by atoms with van der Waals surface area (Å²) >= 11 is 3.34. The van der Waals surface area contributed by atoms with Crippen LogP contribution in [0.4, 0.5) is 0 Å². The molecule has 78 valence electrons. The topological polar surface area (TPSA) is 30.2 Å². The third-order valence-electron chi connectivity index (χ3n) is 1.74. The predicted molar refractivity (Wildman–Crippen MR) is 51.1 cm³/mol. The Morgan fingerprint density at radius 2 is 2.21 bits per heavy atom. The van der Waals surface area contributed by atoms with Gasteiger partial charge in [-0.2, -0.15) is 4.57 Å². The highest BCUT2D eigenvalue weighted by molar-refractivity contribution is 9.10. The van der Waals surface area contributed by atoms with Gasteiger partial charge in [-0.3, -0.25) is 0 Å². The Balaban J connectivity index is 0.00000169. The quantitative estimate of drug-likeness (QED) is 0.476. The van der Waals surface area contributed by atoms with E-state index in [1.54, 1.807) is 0 Å². The zero-order chi connectivity index (χ0) is 9.84. The molecule has 0 aliphatic carbocycles. The number of carbonyl (C=O) groups is 1. The molecule has 0 atom stereocenters. The van der Waals surface area contributed by atoms with Crippen molar-refractivity contribution in [2.75, 3.05) is 7.11 Å². The molecule has 0 saturated heterocycles. The Bertz CT molecular complexity index is 329. The molecule has 0 radical (unpaired) electrons. The molecule has 0 aliphatic heterocycles. The Hall–Kier alpha value is -0.420. The average molecular weight is 325 g/mol. The summed E-state index contributed by atoms with van der Waals surface area (Å²) in [6.45, 7) is 2.19. The number of pyridine rings is 1. The number of halogens is 2. The molecule has 0 N–H and O–H groups in total. The van der Waals surface area contributed by atoms with Gasteiger partial charge < -0.3 is 21.7 Å². The van der Waals surface area contributed by atoms with Crippen LogP contribution in [-0.2, 0) is 16.1 Å². The molecule has 0 bridgehead atoms. The molecule has 0 fully saturated rings. The largest absolute Gasteiger partial charge is 1.00 e. The number of aryl methyl sites for hydroxylation is 1. The third kappa shape index (κ3) is 3.75. The minimum absolute atomic E-state index is 0. The SMILES string of the molecule is COC(=O)C[n+]1cc(Br)ccc1C.[Br-]. The van der Waals surface area contributed by atoms with Gasteiger partial charge in [-0.15, -0.1) is 0 Å².